The van der Waals surface area contributed by atoms with Crippen molar-refractivity contribution in [1.29, 1.82) is 0 Å². The number of carbonyl (C=O) groups is 1. The van der Waals surface area contributed by atoms with E-state index in [2.05, 4.69) is 17.6 Å². The molecule has 0 bridgehead atoms. The minimum atomic E-state index is -0.749. The number of hydrazine groups is 1. The maximum atomic E-state index is 13.2. The van der Waals surface area contributed by atoms with Crippen LogP contribution in [0.15, 0.2) is 59.6 Å². The van der Waals surface area contributed by atoms with Gasteiger partial charge < -0.3 is 0 Å². The van der Waals surface area contributed by atoms with Gasteiger partial charge in [-0.15, -0.1) is 0 Å². The van der Waals surface area contributed by atoms with Crippen LogP contribution in [0.5, 0.6) is 0 Å². The number of benzene rings is 2. The van der Waals surface area contributed by atoms with Crippen molar-refractivity contribution in [3.05, 3.63) is 65.7 Å². The van der Waals surface area contributed by atoms with Crippen molar-refractivity contribution in [2.45, 2.75) is 31.7 Å². The van der Waals surface area contributed by atoms with Crippen molar-refractivity contribution < 1.29 is 4.79 Å². The van der Waals surface area contributed by atoms with Gasteiger partial charge in [-0.1, -0.05) is 42.5 Å². The predicted octanol–water partition coefficient (Wildman–Crippen LogP) is 3.51. The average molecular weight is 305 g/mol. The zero-order valence-corrected chi connectivity index (χ0v) is 13.1. The van der Waals surface area contributed by atoms with Gasteiger partial charge in [-0.2, -0.15) is 0 Å². The Kier molecular flexibility index (Phi) is 3.18. The largest absolute Gasteiger partial charge is 0.290 e. The van der Waals surface area contributed by atoms with E-state index in [0.717, 1.165) is 36.3 Å². The monoisotopic (exact) mass is 305 g/mol. The molecule has 1 aliphatic heterocycles. The maximum absolute atomic E-state index is 13.2. The molecule has 2 aliphatic rings. The number of amides is 1. The number of rotatable bonds is 2. The molecule has 1 atom stereocenters. The Morgan fingerprint density at radius 1 is 1.09 bits per heavy atom. The Labute approximate surface area is 135 Å². The molecular weight excluding hydrogens is 286 g/mol. The van der Waals surface area contributed by atoms with E-state index in [1.54, 1.807) is 5.01 Å². The number of para-hydroxylation sites is 1. The van der Waals surface area contributed by atoms with E-state index >= 15 is 0 Å². The lowest BCUT2D eigenvalue weighted by atomic mass is 9.76. The number of fused-ring (bicyclic) bond motifs is 2. The number of amidine groups is 1. The third-order valence-corrected chi connectivity index (χ3v) is 4.70. The zero-order chi connectivity index (χ0) is 15.9. The molecule has 23 heavy (non-hydrogen) atoms. The van der Waals surface area contributed by atoms with Crippen molar-refractivity contribution >= 4 is 17.4 Å². The van der Waals surface area contributed by atoms with Gasteiger partial charge in [-0.3, -0.25) is 10.2 Å². The van der Waals surface area contributed by atoms with Gasteiger partial charge in [0.2, 0.25) is 0 Å². The van der Waals surface area contributed by atoms with E-state index in [1.807, 2.05) is 49.4 Å². The van der Waals surface area contributed by atoms with Crippen LogP contribution in [-0.4, -0.2) is 16.8 Å². The van der Waals surface area contributed by atoms with Crippen LogP contribution in [0.2, 0.25) is 0 Å². The second kappa shape index (κ2) is 5.23. The summed E-state index contributed by atoms with van der Waals surface area (Å²) < 4.78 is 0. The quantitative estimate of drug-likeness (QED) is 0.923. The van der Waals surface area contributed by atoms with Crippen molar-refractivity contribution in [3.8, 4) is 0 Å². The number of nitrogens with one attached hydrogen (secondary N) is 1. The van der Waals surface area contributed by atoms with Gasteiger partial charge in [0, 0.05) is 0 Å². The Bertz CT molecular complexity index is 784. The first kappa shape index (κ1) is 14.0. The number of aryl methyl sites for hydroxylation is 1. The summed E-state index contributed by atoms with van der Waals surface area (Å²) in [5.41, 5.74) is 5.64. The fourth-order valence-corrected chi connectivity index (χ4v) is 3.63. The van der Waals surface area contributed by atoms with Gasteiger partial charge in [0.25, 0.3) is 5.91 Å². The summed E-state index contributed by atoms with van der Waals surface area (Å²) in [6.07, 6.45) is 2.78. The molecule has 2 aromatic rings. The Morgan fingerprint density at radius 2 is 1.83 bits per heavy atom. The number of carbonyl (C=O) groups excluding carboxylic acids is 1. The van der Waals surface area contributed by atoms with E-state index in [0.29, 0.717) is 0 Å². The summed E-state index contributed by atoms with van der Waals surface area (Å²) in [5, 5.41) is 1.59. The van der Waals surface area contributed by atoms with Gasteiger partial charge >= 0.3 is 0 Å². The normalized spacial score (nSPS) is 22.9. The van der Waals surface area contributed by atoms with Gasteiger partial charge in [0.15, 0.2) is 5.54 Å². The third kappa shape index (κ3) is 2.13. The van der Waals surface area contributed by atoms with Crippen molar-refractivity contribution in [1.82, 2.24) is 5.01 Å². The molecule has 1 heterocycles. The minimum absolute atomic E-state index is 0.0194. The van der Waals surface area contributed by atoms with E-state index in [4.69, 9.17) is 4.99 Å². The molecule has 0 fully saturated rings. The molecular formula is C19H19N3O. The van der Waals surface area contributed by atoms with Crippen LogP contribution in [0.25, 0.3) is 0 Å². The number of hydrogen-bond acceptors (Lipinski definition) is 3. The van der Waals surface area contributed by atoms with Crippen LogP contribution >= 0.6 is 0 Å². The molecule has 1 unspecified atom stereocenters. The second-order valence-corrected chi connectivity index (χ2v) is 6.15. The lowest BCUT2D eigenvalue weighted by Gasteiger charge is -2.32. The summed E-state index contributed by atoms with van der Waals surface area (Å²) in [5.74, 6) is 0.738. The number of nitrogens with zero attached hydrogens (tertiary/aromatic N) is 2. The van der Waals surface area contributed by atoms with E-state index < -0.39 is 5.54 Å². The van der Waals surface area contributed by atoms with Crippen molar-refractivity contribution in [2.24, 2.45) is 4.99 Å². The molecule has 2 aromatic carbocycles. The van der Waals surface area contributed by atoms with Gasteiger partial charge in [0.05, 0.1) is 5.69 Å². The first-order valence-electron chi connectivity index (χ1n) is 8.02. The Morgan fingerprint density at radius 3 is 2.65 bits per heavy atom. The van der Waals surface area contributed by atoms with E-state index in [-0.39, 0.29) is 5.91 Å². The van der Waals surface area contributed by atoms with Crippen LogP contribution in [0.4, 0.5) is 5.69 Å². The summed E-state index contributed by atoms with van der Waals surface area (Å²) >= 11 is 0. The number of anilines is 1. The summed E-state index contributed by atoms with van der Waals surface area (Å²) in [7, 11) is 0. The lowest BCUT2D eigenvalue weighted by Crippen LogP contribution is -2.45. The molecule has 0 saturated heterocycles. The highest BCUT2D eigenvalue weighted by Crippen LogP contribution is 2.43. The smallest absolute Gasteiger partial charge is 0.279 e. The van der Waals surface area contributed by atoms with Gasteiger partial charge in [0.1, 0.15) is 5.84 Å². The summed E-state index contributed by atoms with van der Waals surface area (Å²) in [6.45, 7) is 1.89. The van der Waals surface area contributed by atoms with Crippen LogP contribution < -0.4 is 5.43 Å². The Balaban J connectivity index is 1.72. The molecule has 1 spiro atoms. The average Bonchev–Trinajstić information content (AvgIpc) is 2.81. The van der Waals surface area contributed by atoms with Crippen LogP contribution in [0.1, 0.15) is 30.9 Å². The minimum Gasteiger partial charge on any atom is -0.290 e. The molecule has 1 N–H and O–H groups in total. The molecule has 4 nitrogen and oxygen atoms in total. The third-order valence-electron chi connectivity index (χ3n) is 4.70. The second-order valence-electron chi connectivity index (χ2n) is 6.15. The standard InChI is InChI=1S/C19H19N3O/c1-14-20-19(13-7-9-15-8-5-6-12-17(15)19)18(23)22(14)21-16-10-3-2-4-11-16/h2-6,8,10-12,21H,7,9,13H2,1H3. The van der Waals surface area contributed by atoms with Crippen LogP contribution in [-0.2, 0) is 16.8 Å². The molecule has 0 saturated carbocycles. The van der Waals surface area contributed by atoms with Crippen molar-refractivity contribution in [3.63, 3.8) is 0 Å². The molecule has 0 radical (unpaired) electrons. The highest BCUT2D eigenvalue weighted by molar-refractivity contribution is 6.08. The van der Waals surface area contributed by atoms with E-state index in [9.17, 15) is 4.79 Å². The lowest BCUT2D eigenvalue weighted by molar-refractivity contribution is -0.131. The predicted molar refractivity (Wildman–Crippen MR) is 91.1 cm³/mol. The SMILES string of the molecule is CC1=NC2(CCCc3ccccc32)C(=O)N1Nc1ccccc1. The summed E-state index contributed by atoms with van der Waals surface area (Å²) in [6, 6.07) is 17.9. The fourth-order valence-electron chi connectivity index (χ4n) is 3.63. The van der Waals surface area contributed by atoms with Crippen LogP contribution in [0.3, 0.4) is 0 Å². The van der Waals surface area contributed by atoms with Gasteiger partial charge in [-0.25, -0.2) is 10.0 Å². The van der Waals surface area contributed by atoms with Crippen molar-refractivity contribution in [2.75, 3.05) is 5.43 Å². The first-order valence-corrected chi connectivity index (χ1v) is 8.02. The number of aliphatic imine (C=N–C) groups is 1. The fraction of sp³-hybridized carbons (Fsp3) is 0.263. The molecule has 1 amide bonds. The molecule has 1 aliphatic carbocycles. The maximum Gasteiger partial charge on any atom is 0.279 e. The molecule has 4 rings (SSSR count). The molecule has 116 valence electrons. The highest BCUT2D eigenvalue weighted by atomic mass is 16.2. The molecule has 4 heteroatoms. The topological polar surface area (TPSA) is 44.7 Å². The van der Waals surface area contributed by atoms with Crippen LogP contribution in [0, 0.1) is 0 Å². The molecule has 0 aromatic heterocycles. The first-order chi connectivity index (χ1) is 11.2. The Hall–Kier alpha value is -2.62. The highest BCUT2D eigenvalue weighted by Gasteiger charge is 2.50. The van der Waals surface area contributed by atoms with Gasteiger partial charge in [-0.05, 0) is 49.4 Å². The van der Waals surface area contributed by atoms with E-state index in [1.165, 1.54) is 5.56 Å². The summed E-state index contributed by atoms with van der Waals surface area (Å²) in [4.78, 5) is 18.0. The zero-order valence-electron chi connectivity index (χ0n) is 13.1. The number of hydrogen-bond donors (Lipinski definition) is 1.